The Morgan fingerprint density at radius 1 is 1.53 bits per heavy atom. The van der Waals surface area contributed by atoms with Gasteiger partial charge in [0.25, 0.3) is 0 Å². The predicted octanol–water partition coefficient (Wildman–Crippen LogP) is 2.32. The summed E-state index contributed by atoms with van der Waals surface area (Å²) in [5.41, 5.74) is 2.35. The number of carbonyl (C=O) groups is 1. The summed E-state index contributed by atoms with van der Waals surface area (Å²) in [7, 11) is 0. The topological polar surface area (TPSA) is 45.8 Å². The van der Waals surface area contributed by atoms with E-state index in [0.29, 0.717) is 11.3 Å². The fraction of sp³-hybridized carbons (Fsp3) is 0.0909. The number of H-pyrrole nitrogens is 1. The SMILES string of the molecule is O=Cc1c[nH]c2ncc(C=CCS)cc12. The molecule has 0 saturated heterocycles. The first kappa shape index (κ1) is 9.98. The number of nitrogens with zero attached hydrogens (tertiary/aromatic N) is 1. The van der Waals surface area contributed by atoms with Crippen LogP contribution >= 0.6 is 12.6 Å². The fourth-order valence-corrected chi connectivity index (χ4v) is 1.52. The van der Waals surface area contributed by atoms with E-state index >= 15 is 0 Å². The Kier molecular flexibility index (Phi) is 2.87. The molecule has 0 aliphatic rings. The average molecular weight is 218 g/mol. The van der Waals surface area contributed by atoms with Crippen LogP contribution < -0.4 is 0 Å². The lowest BCUT2D eigenvalue weighted by molar-refractivity contribution is 0.112. The number of hydrogen-bond acceptors (Lipinski definition) is 3. The largest absolute Gasteiger partial charge is 0.345 e. The van der Waals surface area contributed by atoms with Crippen molar-refractivity contribution in [3.8, 4) is 0 Å². The molecule has 0 atom stereocenters. The highest BCUT2D eigenvalue weighted by molar-refractivity contribution is 7.80. The highest BCUT2D eigenvalue weighted by Crippen LogP contribution is 2.16. The van der Waals surface area contributed by atoms with Gasteiger partial charge in [0.1, 0.15) is 5.65 Å². The summed E-state index contributed by atoms with van der Waals surface area (Å²) in [6.45, 7) is 0. The summed E-state index contributed by atoms with van der Waals surface area (Å²) in [6, 6.07) is 1.93. The van der Waals surface area contributed by atoms with Crippen LogP contribution in [0.5, 0.6) is 0 Å². The summed E-state index contributed by atoms with van der Waals surface area (Å²) in [5.74, 6) is 0.686. The molecule has 0 fully saturated rings. The second-order valence-electron chi connectivity index (χ2n) is 3.11. The molecule has 0 radical (unpaired) electrons. The van der Waals surface area contributed by atoms with Gasteiger partial charge in [0, 0.05) is 29.1 Å². The van der Waals surface area contributed by atoms with E-state index in [4.69, 9.17) is 0 Å². The van der Waals surface area contributed by atoms with Gasteiger partial charge < -0.3 is 4.98 Å². The van der Waals surface area contributed by atoms with Gasteiger partial charge in [-0.25, -0.2) is 4.98 Å². The Morgan fingerprint density at radius 3 is 3.13 bits per heavy atom. The third-order valence-electron chi connectivity index (χ3n) is 2.13. The number of hydrogen-bond donors (Lipinski definition) is 2. The maximum atomic E-state index is 10.7. The molecule has 0 saturated carbocycles. The Morgan fingerprint density at radius 2 is 2.40 bits per heavy atom. The number of rotatable bonds is 3. The van der Waals surface area contributed by atoms with Gasteiger partial charge in [-0.15, -0.1) is 0 Å². The Balaban J connectivity index is 2.52. The fourth-order valence-electron chi connectivity index (χ4n) is 1.42. The van der Waals surface area contributed by atoms with Crippen LogP contribution in [0, 0.1) is 0 Å². The number of nitrogens with one attached hydrogen (secondary N) is 1. The molecule has 2 heterocycles. The van der Waals surface area contributed by atoms with Crippen LogP contribution in [-0.2, 0) is 0 Å². The number of aldehydes is 1. The zero-order valence-corrected chi connectivity index (χ0v) is 8.87. The van der Waals surface area contributed by atoms with Gasteiger partial charge >= 0.3 is 0 Å². The number of aromatic nitrogens is 2. The minimum Gasteiger partial charge on any atom is -0.345 e. The van der Waals surface area contributed by atoms with Crippen molar-refractivity contribution in [2.75, 3.05) is 5.75 Å². The van der Waals surface area contributed by atoms with E-state index in [1.807, 2.05) is 18.2 Å². The molecule has 76 valence electrons. The van der Waals surface area contributed by atoms with Gasteiger partial charge in [0.05, 0.1) is 0 Å². The van der Waals surface area contributed by atoms with Crippen molar-refractivity contribution < 1.29 is 4.79 Å². The zero-order chi connectivity index (χ0) is 10.7. The first-order chi connectivity index (χ1) is 7.35. The Labute approximate surface area is 92.6 Å². The second-order valence-corrected chi connectivity index (χ2v) is 3.48. The molecule has 2 rings (SSSR count). The van der Waals surface area contributed by atoms with Gasteiger partial charge in [-0.3, -0.25) is 4.79 Å². The third kappa shape index (κ3) is 1.94. The van der Waals surface area contributed by atoms with Crippen LogP contribution in [0.1, 0.15) is 15.9 Å². The number of carbonyl (C=O) groups excluding carboxylic acids is 1. The standard InChI is InChI=1S/C11H10N2OS/c14-7-9-6-13-11-10(9)4-8(5-12-11)2-1-3-15/h1-2,4-7,15H,3H2,(H,12,13). The number of fused-ring (bicyclic) bond motifs is 1. The molecule has 2 aromatic heterocycles. The molecule has 15 heavy (non-hydrogen) atoms. The predicted molar refractivity (Wildman–Crippen MR) is 64.4 cm³/mol. The van der Waals surface area contributed by atoms with E-state index in [0.717, 1.165) is 22.9 Å². The molecule has 1 N–H and O–H groups in total. The summed E-state index contributed by atoms with van der Waals surface area (Å²) < 4.78 is 0. The molecule has 0 aromatic carbocycles. The van der Waals surface area contributed by atoms with E-state index in [9.17, 15) is 4.79 Å². The third-order valence-corrected chi connectivity index (χ3v) is 2.34. The lowest BCUT2D eigenvalue weighted by Crippen LogP contribution is -1.81. The van der Waals surface area contributed by atoms with Crippen LogP contribution in [0.3, 0.4) is 0 Å². The maximum Gasteiger partial charge on any atom is 0.152 e. The number of thiol groups is 1. The molecular weight excluding hydrogens is 208 g/mol. The second kappa shape index (κ2) is 4.31. The van der Waals surface area contributed by atoms with E-state index < -0.39 is 0 Å². The molecule has 2 aromatic rings. The van der Waals surface area contributed by atoms with Crippen LogP contribution in [0.15, 0.2) is 24.5 Å². The van der Waals surface area contributed by atoms with Crippen LogP contribution in [0.4, 0.5) is 0 Å². The molecule has 4 heteroatoms. The molecule has 0 bridgehead atoms. The van der Waals surface area contributed by atoms with E-state index in [1.165, 1.54) is 0 Å². The van der Waals surface area contributed by atoms with Crippen LogP contribution in [-0.4, -0.2) is 22.0 Å². The van der Waals surface area contributed by atoms with Gasteiger partial charge in [-0.1, -0.05) is 12.2 Å². The zero-order valence-electron chi connectivity index (χ0n) is 7.97. The van der Waals surface area contributed by atoms with Crippen molar-refractivity contribution in [3.63, 3.8) is 0 Å². The Bertz CT molecular complexity index is 516. The highest BCUT2D eigenvalue weighted by Gasteiger charge is 2.03. The molecule has 0 spiro atoms. The van der Waals surface area contributed by atoms with E-state index in [1.54, 1.807) is 12.4 Å². The first-order valence-corrected chi connectivity index (χ1v) is 5.18. The maximum absolute atomic E-state index is 10.7. The molecule has 0 unspecified atom stereocenters. The van der Waals surface area contributed by atoms with Crippen LogP contribution in [0.2, 0.25) is 0 Å². The molecule has 0 aliphatic heterocycles. The van der Waals surface area contributed by atoms with Gasteiger partial charge in [-0.05, 0) is 11.6 Å². The Hall–Kier alpha value is -1.55. The van der Waals surface area contributed by atoms with E-state index in [2.05, 4.69) is 22.6 Å². The number of pyridine rings is 1. The van der Waals surface area contributed by atoms with Gasteiger partial charge in [0.2, 0.25) is 0 Å². The first-order valence-electron chi connectivity index (χ1n) is 4.55. The summed E-state index contributed by atoms with van der Waals surface area (Å²) in [5, 5.41) is 0.853. The molecule has 3 nitrogen and oxygen atoms in total. The monoisotopic (exact) mass is 218 g/mol. The minimum atomic E-state index is 0.638. The van der Waals surface area contributed by atoms with Crippen molar-refractivity contribution >= 4 is 36.0 Å². The average Bonchev–Trinajstić information content (AvgIpc) is 2.68. The summed E-state index contributed by atoms with van der Waals surface area (Å²) >= 11 is 4.08. The van der Waals surface area contributed by atoms with E-state index in [-0.39, 0.29) is 0 Å². The van der Waals surface area contributed by atoms with Crippen molar-refractivity contribution in [2.24, 2.45) is 0 Å². The summed E-state index contributed by atoms with van der Waals surface area (Å²) in [6.07, 6.45) is 8.11. The molecular formula is C11H10N2OS. The quantitative estimate of drug-likeness (QED) is 0.613. The molecule has 0 aliphatic carbocycles. The normalized spacial score (nSPS) is 11.3. The number of aromatic amines is 1. The lowest BCUT2D eigenvalue weighted by atomic mass is 10.2. The highest BCUT2D eigenvalue weighted by atomic mass is 32.1. The van der Waals surface area contributed by atoms with Crippen molar-refractivity contribution in [2.45, 2.75) is 0 Å². The van der Waals surface area contributed by atoms with Crippen molar-refractivity contribution in [3.05, 3.63) is 35.7 Å². The lowest BCUT2D eigenvalue weighted by Gasteiger charge is -1.94. The van der Waals surface area contributed by atoms with Crippen LogP contribution in [0.25, 0.3) is 17.1 Å². The summed E-state index contributed by atoms with van der Waals surface area (Å²) in [4.78, 5) is 17.9. The smallest absolute Gasteiger partial charge is 0.152 e. The van der Waals surface area contributed by atoms with Gasteiger partial charge in [0.15, 0.2) is 6.29 Å². The van der Waals surface area contributed by atoms with Gasteiger partial charge in [-0.2, -0.15) is 12.6 Å². The van der Waals surface area contributed by atoms with Crippen molar-refractivity contribution in [1.29, 1.82) is 0 Å². The van der Waals surface area contributed by atoms with Crippen molar-refractivity contribution in [1.82, 2.24) is 9.97 Å². The molecule has 0 amide bonds. The minimum absolute atomic E-state index is 0.638.